The van der Waals surface area contributed by atoms with Crippen molar-refractivity contribution in [3.8, 4) is 10.6 Å². The normalized spacial score (nSPS) is 10.5. The number of carbonyl (C=O) groups excluding carboxylic acids is 2. The Morgan fingerprint density at radius 3 is 2.73 bits per heavy atom. The van der Waals surface area contributed by atoms with Gasteiger partial charge in [0.05, 0.1) is 6.54 Å². The maximum absolute atomic E-state index is 12.5. The van der Waals surface area contributed by atoms with Crippen LogP contribution in [0.25, 0.3) is 10.6 Å². The van der Waals surface area contributed by atoms with Gasteiger partial charge in [-0.1, -0.05) is 25.1 Å². The smallest absolute Gasteiger partial charge is 0.273 e. The van der Waals surface area contributed by atoms with Crippen molar-refractivity contribution >= 4 is 40.2 Å². The van der Waals surface area contributed by atoms with Gasteiger partial charge in [-0.15, -0.1) is 11.3 Å². The topological polar surface area (TPSA) is 62.3 Å². The van der Waals surface area contributed by atoms with E-state index in [0.29, 0.717) is 5.69 Å². The number of thiophene rings is 1. The van der Waals surface area contributed by atoms with Gasteiger partial charge >= 0.3 is 0 Å². The molecule has 2 amide bonds. The average molecular weight is 386 g/mol. The van der Waals surface area contributed by atoms with Crippen LogP contribution in [0.4, 0.5) is 5.69 Å². The molecule has 7 heteroatoms. The Morgan fingerprint density at radius 1 is 1.19 bits per heavy atom. The minimum Gasteiger partial charge on any atom is -0.331 e. The van der Waals surface area contributed by atoms with E-state index in [0.717, 1.165) is 28.2 Å². The van der Waals surface area contributed by atoms with Crippen LogP contribution in [0, 0.1) is 0 Å². The van der Waals surface area contributed by atoms with Crippen LogP contribution in [-0.4, -0.2) is 35.3 Å². The van der Waals surface area contributed by atoms with E-state index in [2.05, 4.69) is 10.3 Å². The molecule has 0 saturated carbocycles. The molecular weight excluding hydrogens is 366 g/mol. The molecule has 0 aliphatic heterocycles. The van der Waals surface area contributed by atoms with E-state index in [1.165, 1.54) is 16.2 Å². The van der Waals surface area contributed by atoms with Crippen LogP contribution in [0.15, 0.2) is 46.5 Å². The summed E-state index contributed by atoms with van der Waals surface area (Å²) in [6.07, 6.45) is 0.829. The quantitative estimate of drug-likeness (QED) is 0.693. The lowest BCUT2D eigenvalue weighted by Crippen LogP contribution is -2.35. The zero-order valence-electron chi connectivity index (χ0n) is 14.6. The maximum atomic E-state index is 12.5. The molecule has 2 aromatic heterocycles. The van der Waals surface area contributed by atoms with Gasteiger partial charge in [0.25, 0.3) is 5.91 Å². The van der Waals surface area contributed by atoms with Gasteiger partial charge in [-0.3, -0.25) is 9.59 Å². The standard InChI is InChI=1S/C19H19N3O2S2/c1-3-13-6-4-5-7-15(13)20-17(23)10-22(2)19(24)16-12-26-18(21-16)14-8-9-25-11-14/h4-9,11-12H,3,10H2,1-2H3,(H,20,23). The zero-order valence-corrected chi connectivity index (χ0v) is 16.2. The highest BCUT2D eigenvalue weighted by Crippen LogP contribution is 2.26. The summed E-state index contributed by atoms with van der Waals surface area (Å²) < 4.78 is 0. The average Bonchev–Trinajstić information content (AvgIpc) is 3.32. The van der Waals surface area contributed by atoms with E-state index in [4.69, 9.17) is 0 Å². The van der Waals surface area contributed by atoms with Crippen molar-refractivity contribution in [1.82, 2.24) is 9.88 Å². The number of para-hydroxylation sites is 1. The molecule has 0 saturated heterocycles. The molecule has 0 fully saturated rings. The molecule has 0 aliphatic carbocycles. The number of hydrogen-bond donors (Lipinski definition) is 1. The van der Waals surface area contributed by atoms with Gasteiger partial charge in [0.15, 0.2) is 0 Å². The fraction of sp³-hybridized carbons (Fsp3) is 0.211. The summed E-state index contributed by atoms with van der Waals surface area (Å²) in [6.45, 7) is 2.01. The number of thiazole rings is 1. The zero-order chi connectivity index (χ0) is 18.5. The van der Waals surface area contributed by atoms with Crippen LogP contribution in [0.2, 0.25) is 0 Å². The molecule has 0 spiro atoms. The molecule has 0 aliphatic rings. The van der Waals surface area contributed by atoms with Gasteiger partial charge in [-0.2, -0.15) is 11.3 Å². The Balaban J connectivity index is 1.63. The SMILES string of the molecule is CCc1ccccc1NC(=O)CN(C)C(=O)c1csc(-c2ccsc2)n1. The number of carbonyl (C=O) groups is 2. The second-order valence-corrected chi connectivity index (χ2v) is 7.41. The van der Waals surface area contributed by atoms with Crippen molar-refractivity contribution in [1.29, 1.82) is 0 Å². The van der Waals surface area contributed by atoms with Crippen molar-refractivity contribution in [3.63, 3.8) is 0 Å². The van der Waals surface area contributed by atoms with Gasteiger partial charge < -0.3 is 10.2 Å². The fourth-order valence-corrected chi connectivity index (χ4v) is 4.02. The molecular formula is C19H19N3O2S2. The number of nitrogens with one attached hydrogen (secondary N) is 1. The van der Waals surface area contributed by atoms with E-state index in [1.54, 1.807) is 23.8 Å². The van der Waals surface area contributed by atoms with Gasteiger partial charge in [-0.25, -0.2) is 4.98 Å². The van der Waals surface area contributed by atoms with Crippen molar-refractivity contribution in [2.45, 2.75) is 13.3 Å². The molecule has 26 heavy (non-hydrogen) atoms. The number of likely N-dealkylation sites (N-methyl/N-ethyl adjacent to an activating group) is 1. The summed E-state index contributed by atoms with van der Waals surface area (Å²) in [5, 5.41) is 9.39. The minimum atomic E-state index is -0.262. The number of benzene rings is 1. The van der Waals surface area contributed by atoms with Crippen LogP contribution >= 0.6 is 22.7 Å². The van der Waals surface area contributed by atoms with Crippen LogP contribution < -0.4 is 5.32 Å². The van der Waals surface area contributed by atoms with E-state index in [-0.39, 0.29) is 18.4 Å². The molecule has 3 rings (SSSR count). The molecule has 3 aromatic rings. The molecule has 0 radical (unpaired) electrons. The van der Waals surface area contributed by atoms with E-state index in [1.807, 2.05) is 48.0 Å². The van der Waals surface area contributed by atoms with Gasteiger partial charge in [0, 0.05) is 29.1 Å². The third kappa shape index (κ3) is 4.17. The molecule has 1 N–H and O–H groups in total. The first-order chi connectivity index (χ1) is 12.6. The van der Waals surface area contributed by atoms with Crippen molar-refractivity contribution in [2.75, 3.05) is 18.9 Å². The molecule has 2 heterocycles. The number of aryl methyl sites for hydroxylation is 1. The molecule has 0 unspecified atom stereocenters. The predicted molar refractivity (Wildman–Crippen MR) is 107 cm³/mol. The summed E-state index contributed by atoms with van der Waals surface area (Å²) in [7, 11) is 1.61. The lowest BCUT2D eigenvalue weighted by atomic mass is 10.1. The summed E-state index contributed by atoms with van der Waals surface area (Å²) >= 11 is 3.02. The summed E-state index contributed by atoms with van der Waals surface area (Å²) in [4.78, 5) is 30.6. The molecule has 5 nitrogen and oxygen atoms in total. The van der Waals surface area contributed by atoms with E-state index < -0.39 is 0 Å². The van der Waals surface area contributed by atoms with Gasteiger partial charge in [-0.05, 0) is 29.5 Å². The minimum absolute atomic E-state index is 0.0256. The molecule has 0 atom stereocenters. The second-order valence-electron chi connectivity index (χ2n) is 5.77. The van der Waals surface area contributed by atoms with Crippen molar-refractivity contribution in [2.24, 2.45) is 0 Å². The lowest BCUT2D eigenvalue weighted by molar-refractivity contribution is -0.116. The highest BCUT2D eigenvalue weighted by molar-refractivity contribution is 7.14. The third-order valence-corrected chi connectivity index (χ3v) is 5.47. The Bertz CT molecular complexity index is 903. The van der Waals surface area contributed by atoms with Crippen molar-refractivity contribution < 1.29 is 9.59 Å². The fourth-order valence-electron chi connectivity index (χ4n) is 2.51. The third-order valence-electron chi connectivity index (χ3n) is 3.89. The number of rotatable bonds is 6. The Morgan fingerprint density at radius 2 is 2.00 bits per heavy atom. The first-order valence-electron chi connectivity index (χ1n) is 8.19. The predicted octanol–water partition coefficient (Wildman–Crippen LogP) is 4.14. The van der Waals surface area contributed by atoms with Crippen LogP contribution in [0.1, 0.15) is 23.0 Å². The Kier molecular flexibility index (Phi) is 5.80. The van der Waals surface area contributed by atoms with Gasteiger partial charge in [0.1, 0.15) is 10.7 Å². The van der Waals surface area contributed by atoms with Gasteiger partial charge in [0.2, 0.25) is 5.91 Å². The summed E-state index contributed by atoms with van der Waals surface area (Å²) in [5.74, 6) is -0.489. The first-order valence-corrected chi connectivity index (χ1v) is 10.0. The monoisotopic (exact) mass is 385 g/mol. The van der Waals surface area contributed by atoms with E-state index >= 15 is 0 Å². The van der Waals surface area contributed by atoms with E-state index in [9.17, 15) is 9.59 Å². The number of amides is 2. The molecule has 134 valence electrons. The summed E-state index contributed by atoms with van der Waals surface area (Å²) in [6, 6.07) is 9.64. The lowest BCUT2D eigenvalue weighted by Gasteiger charge is -2.16. The molecule has 1 aromatic carbocycles. The summed E-state index contributed by atoms with van der Waals surface area (Å²) in [5.41, 5.74) is 3.22. The van der Waals surface area contributed by atoms with Crippen LogP contribution in [-0.2, 0) is 11.2 Å². The van der Waals surface area contributed by atoms with Crippen molar-refractivity contribution in [3.05, 3.63) is 57.7 Å². The highest BCUT2D eigenvalue weighted by atomic mass is 32.1. The Hall–Kier alpha value is -2.51. The maximum Gasteiger partial charge on any atom is 0.273 e. The number of anilines is 1. The first kappa shape index (κ1) is 18.3. The van der Waals surface area contributed by atoms with Crippen LogP contribution in [0.5, 0.6) is 0 Å². The largest absolute Gasteiger partial charge is 0.331 e. The number of aromatic nitrogens is 1. The Labute approximate surface area is 160 Å². The second kappa shape index (κ2) is 8.25. The number of hydrogen-bond acceptors (Lipinski definition) is 5. The van der Waals surface area contributed by atoms with Crippen LogP contribution in [0.3, 0.4) is 0 Å². The number of nitrogens with zero attached hydrogens (tertiary/aromatic N) is 2. The molecule has 0 bridgehead atoms. The highest BCUT2D eigenvalue weighted by Gasteiger charge is 2.19.